The van der Waals surface area contributed by atoms with Crippen LogP contribution in [0.1, 0.15) is 45.7 Å². The van der Waals surface area contributed by atoms with Crippen molar-refractivity contribution in [3.63, 3.8) is 0 Å². The zero-order chi connectivity index (χ0) is 15.0. The lowest BCUT2D eigenvalue weighted by molar-refractivity contribution is 0.351. The molecule has 0 aliphatic rings. The second-order valence-corrected chi connectivity index (χ2v) is 4.80. The summed E-state index contributed by atoms with van der Waals surface area (Å²) in [5.41, 5.74) is 3.23. The molecule has 0 aromatic heterocycles. The molecule has 0 spiro atoms. The number of rotatable bonds is 2. The highest BCUT2D eigenvalue weighted by Crippen LogP contribution is 2.18. The topological polar surface area (TPSA) is 20.2 Å². The first kappa shape index (κ1) is 17.4. The van der Waals surface area contributed by atoms with Crippen LogP contribution in [0.2, 0.25) is 0 Å². The summed E-state index contributed by atoms with van der Waals surface area (Å²) in [6.07, 6.45) is 3.70. The van der Waals surface area contributed by atoms with Gasteiger partial charge in [0.05, 0.1) is 5.76 Å². The van der Waals surface area contributed by atoms with Crippen molar-refractivity contribution in [3.05, 3.63) is 53.1 Å². The van der Waals surface area contributed by atoms with Crippen LogP contribution in [0.5, 0.6) is 0 Å². The molecule has 1 nitrogen and oxygen atoms in total. The SMILES string of the molecule is C/C=C(/C)c1cc(F)ccc1C.C/C=C(\O)C(C)C. The van der Waals surface area contributed by atoms with Gasteiger partial charge in [-0.15, -0.1) is 0 Å². The van der Waals surface area contributed by atoms with Crippen LogP contribution in [0.3, 0.4) is 0 Å². The van der Waals surface area contributed by atoms with Crippen molar-refractivity contribution < 1.29 is 9.50 Å². The van der Waals surface area contributed by atoms with Crippen LogP contribution in [0.15, 0.2) is 36.1 Å². The molecule has 0 bridgehead atoms. The molecule has 0 aliphatic carbocycles. The third kappa shape index (κ3) is 6.23. The van der Waals surface area contributed by atoms with E-state index in [1.807, 2.05) is 47.6 Å². The monoisotopic (exact) mass is 264 g/mol. The van der Waals surface area contributed by atoms with Crippen molar-refractivity contribution in [1.82, 2.24) is 0 Å². The third-order valence-corrected chi connectivity index (χ3v) is 2.94. The predicted molar refractivity (Wildman–Crippen MR) is 81.7 cm³/mol. The number of aryl methyl sites for hydroxylation is 1. The summed E-state index contributed by atoms with van der Waals surface area (Å²) < 4.78 is 12.8. The molecule has 0 amide bonds. The van der Waals surface area contributed by atoms with E-state index in [2.05, 4.69) is 0 Å². The summed E-state index contributed by atoms with van der Waals surface area (Å²) >= 11 is 0. The Labute approximate surface area is 116 Å². The summed E-state index contributed by atoms with van der Waals surface area (Å²) in [6.45, 7) is 11.7. The third-order valence-electron chi connectivity index (χ3n) is 2.94. The van der Waals surface area contributed by atoms with Gasteiger partial charge in [0.1, 0.15) is 5.82 Å². The fraction of sp³-hybridized carbons (Fsp3) is 0.412. The van der Waals surface area contributed by atoms with Gasteiger partial charge in [-0.05, 0) is 62.6 Å². The largest absolute Gasteiger partial charge is 0.512 e. The number of halogens is 1. The van der Waals surface area contributed by atoms with Gasteiger partial charge >= 0.3 is 0 Å². The standard InChI is InChI=1S/C11H13F.C6H12O/c1-4-8(2)11-7-10(12)6-5-9(11)3;1-4-6(7)5(2)3/h4-7H,1-3H3;4-5,7H,1-3H3/b8-4-;6-4-. The average Bonchev–Trinajstić information content (AvgIpc) is 2.40. The number of benzene rings is 1. The van der Waals surface area contributed by atoms with E-state index in [9.17, 15) is 4.39 Å². The van der Waals surface area contributed by atoms with Gasteiger partial charge in [0, 0.05) is 5.92 Å². The zero-order valence-corrected chi connectivity index (χ0v) is 12.8. The lowest BCUT2D eigenvalue weighted by Crippen LogP contribution is -1.89. The Morgan fingerprint density at radius 2 is 1.79 bits per heavy atom. The number of aliphatic hydroxyl groups is 1. The number of hydrogen-bond donors (Lipinski definition) is 1. The van der Waals surface area contributed by atoms with Gasteiger partial charge in [-0.1, -0.05) is 26.0 Å². The fourth-order valence-electron chi connectivity index (χ4n) is 1.51. The lowest BCUT2D eigenvalue weighted by Gasteiger charge is -2.04. The smallest absolute Gasteiger partial charge is 0.123 e. The molecule has 106 valence electrons. The van der Waals surface area contributed by atoms with Gasteiger partial charge < -0.3 is 5.11 Å². The van der Waals surface area contributed by atoms with E-state index in [-0.39, 0.29) is 11.7 Å². The molecule has 1 N–H and O–H groups in total. The molecule has 0 unspecified atom stereocenters. The Morgan fingerprint density at radius 1 is 1.21 bits per heavy atom. The first-order valence-electron chi connectivity index (χ1n) is 6.58. The van der Waals surface area contributed by atoms with Crippen molar-refractivity contribution in [2.24, 2.45) is 5.92 Å². The highest BCUT2D eigenvalue weighted by Gasteiger charge is 2.00. The van der Waals surface area contributed by atoms with E-state index in [0.29, 0.717) is 5.76 Å². The lowest BCUT2D eigenvalue weighted by atomic mass is 10.0. The van der Waals surface area contributed by atoms with Gasteiger partial charge in [0.2, 0.25) is 0 Å². The van der Waals surface area contributed by atoms with E-state index in [1.165, 1.54) is 6.07 Å². The molecule has 1 aromatic rings. The second kappa shape index (κ2) is 8.52. The highest BCUT2D eigenvalue weighted by atomic mass is 19.1. The van der Waals surface area contributed by atoms with Crippen LogP contribution < -0.4 is 0 Å². The minimum absolute atomic E-state index is 0.170. The summed E-state index contributed by atoms with van der Waals surface area (Å²) in [5.74, 6) is 0.585. The Kier molecular flexibility index (Phi) is 7.81. The van der Waals surface area contributed by atoms with E-state index in [0.717, 1.165) is 16.7 Å². The van der Waals surface area contributed by atoms with Gasteiger partial charge in [0.25, 0.3) is 0 Å². The molecule has 1 aromatic carbocycles. The van der Waals surface area contributed by atoms with Gasteiger partial charge in [0.15, 0.2) is 0 Å². The maximum atomic E-state index is 12.8. The quantitative estimate of drug-likeness (QED) is 0.683. The Bertz CT molecular complexity index is 456. The van der Waals surface area contributed by atoms with Crippen LogP contribution in [0.4, 0.5) is 4.39 Å². The minimum Gasteiger partial charge on any atom is -0.512 e. The number of allylic oxidation sites excluding steroid dienone is 4. The molecule has 1 rings (SSSR count). The fourth-order valence-corrected chi connectivity index (χ4v) is 1.51. The van der Waals surface area contributed by atoms with Crippen LogP contribution in [-0.2, 0) is 0 Å². The van der Waals surface area contributed by atoms with Crippen molar-refractivity contribution in [1.29, 1.82) is 0 Å². The van der Waals surface area contributed by atoms with Crippen molar-refractivity contribution in [2.45, 2.75) is 41.5 Å². The molecule has 0 atom stereocenters. The Morgan fingerprint density at radius 3 is 2.16 bits per heavy atom. The van der Waals surface area contributed by atoms with Crippen LogP contribution in [-0.4, -0.2) is 5.11 Å². The molecule has 0 aliphatic heterocycles. The number of aliphatic hydroxyl groups excluding tert-OH is 1. The van der Waals surface area contributed by atoms with Gasteiger partial charge in [-0.2, -0.15) is 0 Å². The maximum Gasteiger partial charge on any atom is 0.123 e. The molecule has 0 fully saturated rings. The van der Waals surface area contributed by atoms with Gasteiger partial charge in [-0.25, -0.2) is 4.39 Å². The molecule has 0 heterocycles. The summed E-state index contributed by atoms with van der Waals surface area (Å²) in [7, 11) is 0. The van der Waals surface area contributed by atoms with Crippen LogP contribution in [0.25, 0.3) is 5.57 Å². The molecule has 0 radical (unpaired) electrons. The number of hydrogen-bond acceptors (Lipinski definition) is 1. The van der Waals surface area contributed by atoms with E-state index in [1.54, 1.807) is 18.2 Å². The first-order chi connectivity index (χ1) is 8.83. The normalized spacial score (nSPS) is 12.2. The summed E-state index contributed by atoms with van der Waals surface area (Å²) in [5, 5.41) is 8.80. The van der Waals surface area contributed by atoms with Crippen LogP contribution in [0, 0.1) is 18.7 Å². The van der Waals surface area contributed by atoms with Gasteiger partial charge in [-0.3, -0.25) is 0 Å². The molecule has 0 saturated heterocycles. The van der Waals surface area contributed by atoms with Crippen molar-refractivity contribution >= 4 is 5.57 Å². The average molecular weight is 264 g/mol. The maximum absolute atomic E-state index is 12.8. The Hall–Kier alpha value is -1.57. The van der Waals surface area contributed by atoms with Crippen molar-refractivity contribution in [2.75, 3.05) is 0 Å². The highest BCUT2D eigenvalue weighted by molar-refractivity contribution is 5.66. The predicted octanol–water partition coefficient (Wildman–Crippen LogP) is 5.66. The van der Waals surface area contributed by atoms with Crippen LogP contribution >= 0.6 is 0 Å². The molecular formula is C17H25FO. The minimum atomic E-state index is -0.170. The van der Waals surface area contributed by atoms with Crippen molar-refractivity contribution in [3.8, 4) is 0 Å². The summed E-state index contributed by atoms with van der Waals surface area (Å²) in [4.78, 5) is 0. The first-order valence-corrected chi connectivity index (χ1v) is 6.58. The Balaban J connectivity index is 0.000000399. The van der Waals surface area contributed by atoms with E-state index >= 15 is 0 Å². The zero-order valence-electron chi connectivity index (χ0n) is 12.8. The molecule has 2 heteroatoms. The molecule has 0 saturated carbocycles. The summed E-state index contributed by atoms with van der Waals surface area (Å²) in [6, 6.07) is 4.87. The van der Waals surface area contributed by atoms with E-state index in [4.69, 9.17) is 5.11 Å². The second-order valence-electron chi connectivity index (χ2n) is 4.80. The molecular weight excluding hydrogens is 239 g/mol. The van der Waals surface area contributed by atoms with E-state index < -0.39 is 0 Å². The molecule has 19 heavy (non-hydrogen) atoms.